The Morgan fingerprint density at radius 3 is 2.26 bits per heavy atom. The maximum atomic E-state index is 12.4. The summed E-state index contributed by atoms with van der Waals surface area (Å²) in [5.74, 6) is 0.247. The molecule has 2 aromatic rings. The van der Waals surface area contributed by atoms with Crippen molar-refractivity contribution >= 4 is 5.95 Å². The van der Waals surface area contributed by atoms with Crippen LogP contribution in [0.1, 0.15) is 5.56 Å². The van der Waals surface area contributed by atoms with Crippen LogP contribution in [0, 0.1) is 0 Å². The first-order valence-electron chi connectivity index (χ1n) is 5.26. The zero-order valence-corrected chi connectivity index (χ0v) is 9.90. The molecular formula is C12H10F3N3O. The van der Waals surface area contributed by atoms with E-state index < -0.39 is 11.7 Å². The van der Waals surface area contributed by atoms with Gasteiger partial charge in [0.25, 0.3) is 0 Å². The standard InChI is InChI=1S/C12H10F3N3O/c1-19-10-6-9(17-11(16)18-10)7-2-4-8(5-3-7)12(13,14)15/h2-6H,1H3,(H2,16,17,18). The van der Waals surface area contributed by atoms with Gasteiger partial charge in [0.15, 0.2) is 0 Å². The average molecular weight is 269 g/mol. The van der Waals surface area contributed by atoms with Crippen molar-refractivity contribution in [2.45, 2.75) is 6.18 Å². The van der Waals surface area contributed by atoms with Crippen LogP contribution in [-0.2, 0) is 6.18 Å². The number of hydrogen-bond donors (Lipinski definition) is 1. The molecule has 1 aromatic carbocycles. The number of rotatable bonds is 2. The number of ether oxygens (including phenoxy) is 1. The van der Waals surface area contributed by atoms with Gasteiger partial charge in [0.2, 0.25) is 11.8 Å². The fourth-order valence-corrected chi connectivity index (χ4v) is 1.53. The van der Waals surface area contributed by atoms with Crippen LogP contribution < -0.4 is 10.5 Å². The monoisotopic (exact) mass is 269 g/mol. The van der Waals surface area contributed by atoms with Crippen LogP contribution in [0.5, 0.6) is 5.88 Å². The number of anilines is 1. The zero-order valence-electron chi connectivity index (χ0n) is 9.90. The fourth-order valence-electron chi connectivity index (χ4n) is 1.53. The van der Waals surface area contributed by atoms with Crippen LogP contribution in [0.4, 0.5) is 19.1 Å². The Hall–Kier alpha value is -2.31. The molecule has 0 unspecified atom stereocenters. The topological polar surface area (TPSA) is 61.0 Å². The molecule has 0 spiro atoms. The van der Waals surface area contributed by atoms with Crippen LogP contribution in [-0.4, -0.2) is 17.1 Å². The van der Waals surface area contributed by atoms with Crippen LogP contribution in [0.25, 0.3) is 11.3 Å². The van der Waals surface area contributed by atoms with Gasteiger partial charge in [0.05, 0.1) is 18.4 Å². The lowest BCUT2D eigenvalue weighted by Crippen LogP contribution is -2.04. The molecule has 0 aliphatic rings. The van der Waals surface area contributed by atoms with Crippen molar-refractivity contribution in [3.8, 4) is 17.1 Å². The fraction of sp³-hybridized carbons (Fsp3) is 0.167. The molecule has 0 aliphatic carbocycles. The van der Waals surface area contributed by atoms with Crippen molar-refractivity contribution in [1.29, 1.82) is 0 Å². The largest absolute Gasteiger partial charge is 0.481 e. The van der Waals surface area contributed by atoms with E-state index in [2.05, 4.69) is 9.97 Å². The molecule has 0 aliphatic heterocycles. The van der Waals surface area contributed by atoms with E-state index in [0.29, 0.717) is 11.3 Å². The predicted octanol–water partition coefficient (Wildman–Crippen LogP) is 2.75. The van der Waals surface area contributed by atoms with Crippen molar-refractivity contribution in [2.24, 2.45) is 0 Å². The minimum absolute atomic E-state index is 0.00533. The van der Waals surface area contributed by atoms with E-state index in [-0.39, 0.29) is 11.8 Å². The van der Waals surface area contributed by atoms with Gasteiger partial charge >= 0.3 is 6.18 Å². The molecule has 0 saturated heterocycles. The van der Waals surface area contributed by atoms with E-state index in [1.807, 2.05) is 0 Å². The summed E-state index contributed by atoms with van der Waals surface area (Å²) >= 11 is 0. The second-order valence-corrected chi connectivity index (χ2v) is 3.73. The van der Waals surface area contributed by atoms with Gasteiger partial charge in [-0.2, -0.15) is 18.2 Å². The molecule has 1 aromatic heterocycles. The number of alkyl halides is 3. The van der Waals surface area contributed by atoms with E-state index in [1.165, 1.54) is 25.3 Å². The SMILES string of the molecule is COc1cc(-c2ccc(C(F)(F)F)cc2)nc(N)n1. The lowest BCUT2D eigenvalue weighted by atomic mass is 10.1. The summed E-state index contributed by atoms with van der Waals surface area (Å²) in [6.45, 7) is 0. The van der Waals surface area contributed by atoms with Gasteiger partial charge in [-0.1, -0.05) is 12.1 Å². The number of nitrogen functional groups attached to an aromatic ring is 1. The van der Waals surface area contributed by atoms with E-state index in [4.69, 9.17) is 10.5 Å². The van der Waals surface area contributed by atoms with Crippen LogP contribution in [0.15, 0.2) is 30.3 Å². The molecule has 0 radical (unpaired) electrons. The molecular weight excluding hydrogens is 259 g/mol. The Kier molecular flexibility index (Phi) is 3.28. The Balaban J connectivity index is 2.40. The van der Waals surface area contributed by atoms with Crippen LogP contribution >= 0.6 is 0 Å². The quantitative estimate of drug-likeness (QED) is 0.910. The normalized spacial score (nSPS) is 11.4. The van der Waals surface area contributed by atoms with Crippen molar-refractivity contribution in [3.05, 3.63) is 35.9 Å². The van der Waals surface area contributed by atoms with Gasteiger partial charge < -0.3 is 10.5 Å². The second kappa shape index (κ2) is 4.75. The van der Waals surface area contributed by atoms with Crippen molar-refractivity contribution in [3.63, 3.8) is 0 Å². The maximum absolute atomic E-state index is 12.4. The molecule has 0 atom stereocenters. The summed E-state index contributed by atoms with van der Waals surface area (Å²) in [6, 6.07) is 6.12. The molecule has 2 N–H and O–H groups in total. The molecule has 7 heteroatoms. The highest BCUT2D eigenvalue weighted by molar-refractivity contribution is 5.61. The Bertz CT molecular complexity index is 582. The molecule has 2 rings (SSSR count). The van der Waals surface area contributed by atoms with Gasteiger partial charge in [0.1, 0.15) is 0 Å². The molecule has 0 amide bonds. The summed E-state index contributed by atoms with van der Waals surface area (Å²) < 4.78 is 42.2. The van der Waals surface area contributed by atoms with E-state index in [0.717, 1.165) is 12.1 Å². The van der Waals surface area contributed by atoms with Crippen molar-refractivity contribution < 1.29 is 17.9 Å². The van der Waals surface area contributed by atoms with E-state index in [1.54, 1.807) is 0 Å². The molecule has 0 saturated carbocycles. The number of nitrogens with two attached hydrogens (primary N) is 1. The number of halogens is 3. The molecule has 4 nitrogen and oxygen atoms in total. The van der Waals surface area contributed by atoms with Gasteiger partial charge in [-0.15, -0.1) is 0 Å². The summed E-state index contributed by atoms with van der Waals surface area (Å²) in [6.07, 6.45) is -4.36. The predicted molar refractivity (Wildman–Crippen MR) is 63.4 cm³/mol. The average Bonchev–Trinajstić information content (AvgIpc) is 2.37. The molecule has 100 valence electrons. The lowest BCUT2D eigenvalue weighted by molar-refractivity contribution is -0.137. The lowest BCUT2D eigenvalue weighted by Gasteiger charge is -2.08. The highest BCUT2D eigenvalue weighted by Crippen LogP contribution is 2.31. The number of methoxy groups -OCH3 is 1. The molecule has 1 heterocycles. The van der Waals surface area contributed by atoms with E-state index >= 15 is 0 Å². The summed E-state index contributed by atoms with van der Waals surface area (Å²) in [5.41, 5.74) is 5.67. The smallest absolute Gasteiger partial charge is 0.416 e. The van der Waals surface area contributed by atoms with Crippen LogP contribution in [0.2, 0.25) is 0 Å². The minimum Gasteiger partial charge on any atom is -0.481 e. The number of nitrogens with zero attached hydrogens (tertiary/aromatic N) is 2. The van der Waals surface area contributed by atoms with Gasteiger partial charge in [-0.3, -0.25) is 0 Å². The second-order valence-electron chi connectivity index (χ2n) is 3.73. The van der Waals surface area contributed by atoms with Crippen molar-refractivity contribution in [2.75, 3.05) is 12.8 Å². The highest BCUT2D eigenvalue weighted by Gasteiger charge is 2.30. The third kappa shape index (κ3) is 2.93. The summed E-state index contributed by atoms with van der Waals surface area (Å²) in [4.78, 5) is 7.75. The maximum Gasteiger partial charge on any atom is 0.416 e. The highest BCUT2D eigenvalue weighted by atomic mass is 19.4. The number of aromatic nitrogens is 2. The van der Waals surface area contributed by atoms with Crippen molar-refractivity contribution in [1.82, 2.24) is 9.97 Å². The van der Waals surface area contributed by atoms with Crippen LogP contribution in [0.3, 0.4) is 0 Å². The molecule has 0 bridgehead atoms. The summed E-state index contributed by atoms with van der Waals surface area (Å²) in [5, 5.41) is 0. The Morgan fingerprint density at radius 2 is 1.74 bits per heavy atom. The van der Waals surface area contributed by atoms with E-state index in [9.17, 15) is 13.2 Å². The molecule has 19 heavy (non-hydrogen) atoms. The first-order valence-corrected chi connectivity index (χ1v) is 5.26. The third-order valence-corrected chi connectivity index (χ3v) is 2.44. The molecule has 0 fully saturated rings. The first kappa shape index (κ1) is 13.1. The summed E-state index contributed by atoms with van der Waals surface area (Å²) in [7, 11) is 1.41. The number of hydrogen-bond acceptors (Lipinski definition) is 4. The third-order valence-electron chi connectivity index (χ3n) is 2.44. The Morgan fingerprint density at radius 1 is 1.11 bits per heavy atom. The Labute approximate surface area is 107 Å². The van der Waals surface area contributed by atoms with Gasteiger partial charge in [0, 0.05) is 11.6 Å². The zero-order chi connectivity index (χ0) is 14.0. The minimum atomic E-state index is -4.36. The number of benzene rings is 1. The van der Waals surface area contributed by atoms with Gasteiger partial charge in [-0.25, -0.2) is 4.98 Å². The van der Waals surface area contributed by atoms with Gasteiger partial charge in [-0.05, 0) is 12.1 Å². The first-order chi connectivity index (χ1) is 8.90.